The highest BCUT2D eigenvalue weighted by molar-refractivity contribution is 5.79. The lowest BCUT2D eigenvalue weighted by Gasteiger charge is -2.21. The summed E-state index contributed by atoms with van der Waals surface area (Å²) in [7, 11) is 0. The first kappa shape index (κ1) is 14.9. The summed E-state index contributed by atoms with van der Waals surface area (Å²) >= 11 is 0. The number of aliphatic hydroxyl groups is 1. The first-order valence-corrected chi connectivity index (χ1v) is 7.74. The van der Waals surface area contributed by atoms with Crippen LogP contribution >= 0.6 is 0 Å². The number of carbonyl (C=O) groups excluding carboxylic acids is 1. The second-order valence-corrected chi connectivity index (χ2v) is 5.65. The number of fused-ring (bicyclic) bond motifs is 1. The van der Waals surface area contributed by atoms with E-state index in [0.29, 0.717) is 30.3 Å². The zero-order valence-corrected chi connectivity index (χ0v) is 12.5. The second kappa shape index (κ2) is 6.83. The summed E-state index contributed by atoms with van der Waals surface area (Å²) < 4.78 is 11.0. The number of amides is 1. The number of hydrogen-bond donors (Lipinski definition) is 2. The number of ether oxygens (including phenoxy) is 2. The third-order valence-electron chi connectivity index (χ3n) is 4.06. The van der Waals surface area contributed by atoms with Crippen LogP contribution in [0.15, 0.2) is 30.4 Å². The van der Waals surface area contributed by atoms with Crippen LogP contribution in [0.3, 0.4) is 0 Å². The van der Waals surface area contributed by atoms with Gasteiger partial charge in [-0.2, -0.15) is 0 Å². The molecule has 0 fully saturated rings. The lowest BCUT2D eigenvalue weighted by atomic mass is 9.93. The molecule has 0 aromatic heterocycles. The van der Waals surface area contributed by atoms with Crippen molar-refractivity contribution < 1.29 is 19.4 Å². The minimum atomic E-state index is -0.751. The number of rotatable bonds is 4. The molecule has 0 spiro atoms. The average Bonchev–Trinajstić information content (AvgIpc) is 2.59. The van der Waals surface area contributed by atoms with E-state index in [1.807, 2.05) is 6.08 Å². The van der Waals surface area contributed by atoms with E-state index in [0.717, 1.165) is 19.3 Å². The van der Waals surface area contributed by atoms with Gasteiger partial charge in [0.1, 0.15) is 13.2 Å². The summed E-state index contributed by atoms with van der Waals surface area (Å²) in [6, 6.07) is 5.36. The maximum absolute atomic E-state index is 12.1. The number of carbonyl (C=O) groups is 1. The van der Waals surface area contributed by atoms with Crippen molar-refractivity contribution in [1.82, 2.24) is 5.32 Å². The van der Waals surface area contributed by atoms with Crippen LogP contribution in [-0.4, -0.2) is 30.8 Å². The maximum Gasteiger partial charge on any atom is 0.223 e. The van der Waals surface area contributed by atoms with Crippen LogP contribution in [0, 0.1) is 5.92 Å². The molecule has 1 heterocycles. The Balaban J connectivity index is 1.56. The maximum atomic E-state index is 12.1. The number of allylic oxidation sites excluding steroid dienone is 2. The van der Waals surface area contributed by atoms with Gasteiger partial charge in [-0.05, 0) is 37.0 Å². The van der Waals surface area contributed by atoms with Crippen LogP contribution in [0.1, 0.15) is 30.9 Å². The summed E-state index contributed by atoms with van der Waals surface area (Å²) in [5.74, 6) is 1.38. The fourth-order valence-electron chi connectivity index (χ4n) is 2.76. The van der Waals surface area contributed by atoms with Crippen molar-refractivity contribution in [3.63, 3.8) is 0 Å². The van der Waals surface area contributed by atoms with Crippen LogP contribution in [-0.2, 0) is 4.79 Å². The molecule has 1 amide bonds. The Hall–Kier alpha value is -2.01. The molecule has 22 heavy (non-hydrogen) atoms. The molecule has 0 bridgehead atoms. The van der Waals surface area contributed by atoms with Gasteiger partial charge < -0.3 is 19.9 Å². The van der Waals surface area contributed by atoms with E-state index in [4.69, 9.17) is 9.47 Å². The molecule has 0 saturated heterocycles. The third-order valence-corrected chi connectivity index (χ3v) is 4.06. The van der Waals surface area contributed by atoms with Crippen LogP contribution in [0.5, 0.6) is 11.5 Å². The molecule has 1 aromatic rings. The van der Waals surface area contributed by atoms with Gasteiger partial charge in [0.2, 0.25) is 5.91 Å². The normalized spacial score (nSPS) is 21.2. The van der Waals surface area contributed by atoms with Gasteiger partial charge in [-0.25, -0.2) is 0 Å². The Labute approximate surface area is 129 Å². The van der Waals surface area contributed by atoms with Gasteiger partial charge in [-0.15, -0.1) is 0 Å². The van der Waals surface area contributed by atoms with Crippen molar-refractivity contribution in [3.05, 3.63) is 35.9 Å². The van der Waals surface area contributed by atoms with Gasteiger partial charge in [0.15, 0.2) is 11.5 Å². The molecule has 2 N–H and O–H groups in total. The standard InChI is InChI=1S/C17H21NO4/c19-14(11-18-17(20)12-4-2-1-3-5-12)13-6-7-15-16(10-13)22-9-8-21-15/h1-2,6-7,10,12,14,19H,3-5,8-9,11H2,(H,18,20)/t12-,14+/m1/s1. The summed E-state index contributed by atoms with van der Waals surface area (Å²) in [6.07, 6.45) is 6.01. The summed E-state index contributed by atoms with van der Waals surface area (Å²) in [5.41, 5.74) is 0.716. The minimum absolute atomic E-state index is 0.0148. The van der Waals surface area contributed by atoms with E-state index in [-0.39, 0.29) is 18.4 Å². The topological polar surface area (TPSA) is 67.8 Å². The Bertz CT molecular complexity index is 570. The Morgan fingerprint density at radius 2 is 2.09 bits per heavy atom. The molecule has 3 rings (SSSR count). The van der Waals surface area contributed by atoms with Crippen molar-refractivity contribution in [1.29, 1.82) is 0 Å². The van der Waals surface area contributed by atoms with Gasteiger partial charge in [0, 0.05) is 12.5 Å². The highest BCUT2D eigenvalue weighted by Gasteiger charge is 2.20. The first-order chi connectivity index (χ1) is 10.7. The van der Waals surface area contributed by atoms with Crippen molar-refractivity contribution in [2.24, 2.45) is 5.92 Å². The van der Waals surface area contributed by atoms with Gasteiger partial charge >= 0.3 is 0 Å². The van der Waals surface area contributed by atoms with Crippen molar-refractivity contribution in [3.8, 4) is 11.5 Å². The van der Waals surface area contributed by atoms with Crippen LogP contribution in [0.25, 0.3) is 0 Å². The fraction of sp³-hybridized carbons (Fsp3) is 0.471. The van der Waals surface area contributed by atoms with Crippen LogP contribution in [0.2, 0.25) is 0 Å². The molecule has 0 saturated carbocycles. The molecule has 1 aliphatic heterocycles. The first-order valence-electron chi connectivity index (χ1n) is 7.74. The predicted octanol–water partition coefficient (Wildman–Crippen LogP) is 1.96. The van der Waals surface area contributed by atoms with Gasteiger partial charge in [-0.3, -0.25) is 4.79 Å². The third kappa shape index (κ3) is 3.42. The quantitative estimate of drug-likeness (QED) is 0.835. The Kier molecular flexibility index (Phi) is 4.63. The predicted molar refractivity (Wildman–Crippen MR) is 81.9 cm³/mol. The number of benzene rings is 1. The number of nitrogens with one attached hydrogen (secondary N) is 1. The zero-order valence-electron chi connectivity index (χ0n) is 12.5. The molecule has 5 heteroatoms. The van der Waals surface area contributed by atoms with E-state index in [9.17, 15) is 9.90 Å². The van der Waals surface area contributed by atoms with E-state index >= 15 is 0 Å². The summed E-state index contributed by atoms with van der Waals surface area (Å²) in [4.78, 5) is 12.1. The zero-order chi connectivity index (χ0) is 15.4. The van der Waals surface area contributed by atoms with E-state index in [2.05, 4.69) is 11.4 Å². The van der Waals surface area contributed by atoms with Crippen molar-refractivity contribution in [2.45, 2.75) is 25.4 Å². The minimum Gasteiger partial charge on any atom is -0.486 e. The highest BCUT2D eigenvalue weighted by Crippen LogP contribution is 2.32. The van der Waals surface area contributed by atoms with Crippen molar-refractivity contribution >= 4 is 5.91 Å². The van der Waals surface area contributed by atoms with Crippen LogP contribution in [0.4, 0.5) is 0 Å². The lowest BCUT2D eigenvalue weighted by Crippen LogP contribution is -2.34. The van der Waals surface area contributed by atoms with E-state index < -0.39 is 6.10 Å². The average molecular weight is 303 g/mol. The lowest BCUT2D eigenvalue weighted by molar-refractivity contribution is -0.125. The van der Waals surface area contributed by atoms with Crippen molar-refractivity contribution in [2.75, 3.05) is 19.8 Å². The smallest absolute Gasteiger partial charge is 0.223 e. The number of aliphatic hydroxyl groups excluding tert-OH is 1. The number of hydrogen-bond acceptors (Lipinski definition) is 4. The largest absolute Gasteiger partial charge is 0.486 e. The SMILES string of the molecule is O=C(NC[C@H](O)c1ccc2c(c1)OCCO2)[C@@H]1CC=CCC1. The molecule has 1 aromatic carbocycles. The molecular weight excluding hydrogens is 282 g/mol. The van der Waals surface area contributed by atoms with E-state index in [1.54, 1.807) is 18.2 Å². The monoisotopic (exact) mass is 303 g/mol. The highest BCUT2D eigenvalue weighted by atomic mass is 16.6. The molecule has 5 nitrogen and oxygen atoms in total. The van der Waals surface area contributed by atoms with Gasteiger partial charge in [0.25, 0.3) is 0 Å². The molecule has 2 aliphatic rings. The van der Waals surface area contributed by atoms with Crippen LogP contribution < -0.4 is 14.8 Å². The van der Waals surface area contributed by atoms with E-state index in [1.165, 1.54) is 0 Å². The molecular formula is C17H21NO4. The summed E-state index contributed by atoms with van der Waals surface area (Å²) in [5, 5.41) is 13.1. The second-order valence-electron chi connectivity index (χ2n) is 5.65. The molecule has 118 valence electrons. The molecule has 1 aliphatic carbocycles. The Morgan fingerprint density at radius 3 is 2.86 bits per heavy atom. The molecule has 0 unspecified atom stereocenters. The molecule has 0 radical (unpaired) electrons. The molecule has 2 atom stereocenters. The summed E-state index contributed by atoms with van der Waals surface area (Å²) in [6.45, 7) is 1.26. The fourth-order valence-corrected chi connectivity index (χ4v) is 2.76. The van der Waals surface area contributed by atoms with Gasteiger partial charge in [-0.1, -0.05) is 18.2 Å². The Morgan fingerprint density at radius 1 is 1.27 bits per heavy atom. The van der Waals surface area contributed by atoms with Gasteiger partial charge in [0.05, 0.1) is 6.10 Å².